The van der Waals surface area contributed by atoms with E-state index in [1.807, 2.05) is 0 Å². The summed E-state index contributed by atoms with van der Waals surface area (Å²) in [6.45, 7) is 3.12. The summed E-state index contributed by atoms with van der Waals surface area (Å²) >= 11 is 0. The van der Waals surface area contributed by atoms with Gasteiger partial charge in [0.15, 0.2) is 22.8 Å². The molecule has 1 fully saturated rings. The number of hydrogen-bond donors (Lipinski definition) is 1. The van der Waals surface area contributed by atoms with E-state index in [1.54, 1.807) is 0 Å². The van der Waals surface area contributed by atoms with Crippen molar-refractivity contribution in [3.05, 3.63) is 29.3 Å². The van der Waals surface area contributed by atoms with Crippen LogP contribution in [0.25, 0.3) is 0 Å². The molecule has 0 aromatic heterocycles. The number of rotatable bonds is 3. The molecule has 2 rings (SSSR count). The number of primary amides is 1. The fourth-order valence-corrected chi connectivity index (χ4v) is 3.48. The summed E-state index contributed by atoms with van der Waals surface area (Å²) in [7, 11) is 1.05. The smallest absolute Gasteiger partial charge is 0.417 e. The quantitative estimate of drug-likeness (QED) is 0.834. The number of carbonyl (C=O) groups excluding carboxylic acids is 1. The molecule has 4 nitrogen and oxygen atoms in total. The Bertz CT molecular complexity index is 708. The van der Waals surface area contributed by atoms with Crippen LogP contribution in [0, 0.1) is 17.6 Å². The summed E-state index contributed by atoms with van der Waals surface area (Å²) in [5.74, 6) is -6.96. The predicted molar refractivity (Wildman–Crippen MR) is 78.0 cm³/mol. The van der Waals surface area contributed by atoms with Gasteiger partial charge < -0.3 is 15.2 Å². The minimum absolute atomic E-state index is 0.122. The van der Waals surface area contributed by atoms with Gasteiger partial charge in [0.05, 0.1) is 7.11 Å². The van der Waals surface area contributed by atoms with Gasteiger partial charge in [0, 0.05) is 17.4 Å². The molecule has 2 N–H and O–H groups in total. The molecule has 4 atom stereocenters. The minimum Gasteiger partial charge on any atom is -0.493 e. The van der Waals surface area contributed by atoms with Crippen LogP contribution in [0.3, 0.4) is 0 Å². The zero-order valence-electron chi connectivity index (χ0n) is 14.0. The van der Waals surface area contributed by atoms with Gasteiger partial charge >= 0.3 is 6.18 Å². The van der Waals surface area contributed by atoms with Gasteiger partial charge in [-0.25, -0.2) is 4.39 Å². The van der Waals surface area contributed by atoms with E-state index in [4.69, 9.17) is 15.2 Å². The number of nitrogens with two attached hydrogens (primary N) is 1. The number of amides is 1. The Morgan fingerprint density at radius 1 is 1.28 bits per heavy atom. The van der Waals surface area contributed by atoms with Crippen LogP contribution in [-0.4, -0.2) is 30.4 Å². The highest BCUT2D eigenvalue weighted by molar-refractivity contribution is 5.85. The second kappa shape index (κ2) is 5.82. The van der Waals surface area contributed by atoms with Crippen molar-refractivity contribution < 1.29 is 36.2 Å². The van der Waals surface area contributed by atoms with Crippen LogP contribution in [-0.2, 0) is 9.53 Å². The van der Waals surface area contributed by atoms with E-state index in [2.05, 4.69) is 0 Å². The van der Waals surface area contributed by atoms with Crippen molar-refractivity contribution in [2.75, 3.05) is 7.11 Å². The molecule has 1 aromatic carbocycles. The maximum Gasteiger partial charge on any atom is 0.417 e. The second-order valence-corrected chi connectivity index (χ2v) is 6.43. The van der Waals surface area contributed by atoms with Gasteiger partial charge in [0.1, 0.15) is 0 Å². The van der Waals surface area contributed by atoms with Crippen LogP contribution < -0.4 is 10.5 Å². The van der Waals surface area contributed by atoms with Gasteiger partial charge in [-0.1, -0.05) is 13.0 Å². The van der Waals surface area contributed by atoms with Crippen molar-refractivity contribution in [3.63, 3.8) is 0 Å². The highest BCUT2D eigenvalue weighted by Gasteiger charge is 2.69. The van der Waals surface area contributed by atoms with E-state index in [9.17, 15) is 26.7 Å². The van der Waals surface area contributed by atoms with E-state index in [-0.39, 0.29) is 5.56 Å². The number of ether oxygens (including phenoxy) is 2. The molecule has 1 saturated heterocycles. The lowest BCUT2D eigenvalue weighted by Crippen LogP contribution is -2.50. The van der Waals surface area contributed by atoms with Crippen LogP contribution in [0.2, 0.25) is 0 Å². The van der Waals surface area contributed by atoms with Crippen molar-refractivity contribution in [2.45, 2.75) is 44.1 Å². The molecule has 1 aromatic rings. The normalized spacial score (nSPS) is 32.7. The monoisotopic (exact) mass is 367 g/mol. The summed E-state index contributed by atoms with van der Waals surface area (Å²) in [4.78, 5) is 11.9. The lowest BCUT2D eigenvalue weighted by Gasteiger charge is -2.32. The van der Waals surface area contributed by atoms with Crippen molar-refractivity contribution in [2.24, 2.45) is 11.7 Å². The number of halogens is 5. The first-order chi connectivity index (χ1) is 11.3. The summed E-state index contributed by atoms with van der Waals surface area (Å²) in [5, 5.41) is 0. The molecule has 1 amide bonds. The van der Waals surface area contributed by atoms with Crippen LogP contribution in [0.4, 0.5) is 22.0 Å². The van der Waals surface area contributed by atoms with Crippen molar-refractivity contribution in [1.82, 2.24) is 0 Å². The molecule has 25 heavy (non-hydrogen) atoms. The Labute approximate surface area is 141 Å². The second-order valence-electron chi connectivity index (χ2n) is 6.43. The van der Waals surface area contributed by atoms with Crippen LogP contribution in [0.15, 0.2) is 12.1 Å². The van der Waals surface area contributed by atoms with E-state index in [0.29, 0.717) is 0 Å². The molecule has 1 aliphatic rings. The largest absolute Gasteiger partial charge is 0.493 e. The van der Waals surface area contributed by atoms with E-state index < -0.39 is 52.5 Å². The molecule has 0 radical (unpaired) electrons. The maximum absolute atomic E-state index is 14.0. The summed E-state index contributed by atoms with van der Waals surface area (Å²) in [5.41, 5.74) is 0.377. The van der Waals surface area contributed by atoms with E-state index in [1.165, 1.54) is 6.92 Å². The molecular weight excluding hydrogens is 349 g/mol. The lowest BCUT2D eigenvalue weighted by atomic mass is 9.72. The third-order valence-corrected chi connectivity index (χ3v) is 5.06. The van der Waals surface area contributed by atoms with Crippen molar-refractivity contribution in [3.8, 4) is 5.75 Å². The molecule has 0 aliphatic carbocycles. The molecule has 0 bridgehead atoms. The molecular formula is C16H18F5NO3. The molecule has 1 heterocycles. The van der Waals surface area contributed by atoms with Gasteiger partial charge in [0.25, 0.3) is 0 Å². The summed E-state index contributed by atoms with van der Waals surface area (Å²) < 4.78 is 78.2. The fraction of sp³-hybridized carbons (Fsp3) is 0.562. The molecule has 140 valence electrons. The van der Waals surface area contributed by atoms with Crippen LogP contribution in [0.5, 0.6) is 5.75 Å². The number of alkyl halides is 3. The fourth-order valence-electron chi connectivity index (χ4n) is 3.48. The minimum atomic E-state index is -4.82. The van der Waals surface area contributed by atoms with Gasteiger partial charge in [-0.3, -0.25) is 4.79 Å². The highest BCUT2D eigenvalue weighted by Crippen LogP contribution is 2.58. The third kappa shape index (κ3) is 2.65. The lowest BCUT2D eigenvalue weighted by molar-refractivity contribution is -0.282. The van der Waals surface area contributed by atoms with Gasteiger partial charge in [0.2, 0.25) is 11.7 Å². The molecule has 9 heteroatoms. The standard InChI is InChI=1S/C16H18F5NO3/c1-7-10(8-5-6-9(17)11(18)12(8)24-4)14(2,13(22)23)25-15(7,3)16(19,20)21/h5-7,10H,1-4H3,(H2,22,23)/t7-,10-,14+,15+/m0/s1. The first-order valence-electron chi connectivity index (χ1n) is 7.40. The Kier molecular flexibility index (Phi) is 4.53. The summed E-state index contributed by atoms with van der Waals surface area (Å²) in [6, 6.07) is 1.83. The summed E-state index contributed by atoms with van der Waals surface area (Å²) in [6.07, 6.45) is -4.82. The van der Waals surface area contributed by atoms with Gasteiger partial charge in [-0.2, -0.15) is 17.6 Å². The molecule has 0 spiro atoms. The number of hydrogen-bond acceptors (Lipinski definition) is 3. The maximum atomic E-state index is 14.0. The Morgan fingerprint density at radius 2 is 1.84 bits per heavy atom. The average Bonchev–Trinajstić information content (AvgIpc) is 2.71. The molecule has 0 unspecified atom stereocenters. The van der Waals surface area contributed by atoms with Crippen LogP contribution >= 0.6 is 0 Å². The van der Waals surface area contributed by atoms with E-state index >= 15 is 0 Å². The topological polar surface area (TPSA) is 61.6 Å². The SMILES string of the molecule is COc1c([C@@H]2[C@H](C)[C@](C)(C(F)(F)F)O[C@@]2(C)C(N)=O)ccc(F)c1F. The van der Waals surface area contributed by atoms with Crippen molar-refractivity contribution in [1.29, 1.82) is 0 Å². The zero-order valence-corrected chi connectivity index (χ0v) is 14.0. The number of methoxy groups -OCH3 is 1. The molecule has 0 saturated carbocycles. The predicted octanol–water partition coefficient (Wildman–Crippen LogP) is 3.29. The van der Waals surface area contributed by atoms with Gasteiger partial charge in [-0.05, 0) is 19.9 Å². The average molecular weight is 367 g/mol. The van der Waals surface area contributed by atoms with Crippen molar-refractivity contribution >= 4 is 5.91 Å². The first-order valence-corrected chi connectivity index (χ1v) is 7.40. The number of benzene rings is 1. The van der Waals surface area contributed by atoms with E-state index in [0.717, 1.165) is 33.1 Å². The molecule has 1 aliphatic heterocycles. The van der Waals surface area contributed by atoms with Crippen LogP contribution in [0.1, 0.15) is 32.3 Å². The highest BCUT2D eigenvalue weighted by atomic mass is 19.4. The third-order valence-electron chi connectivity index (χ3n) is 5.06. The van der Waals surface area contributed by atoms with Gasteiger partial charge in [-0.15, -0.1) is 0 Å². The Balaban J connectivity index is 2.74. The first kappa shape index (κ1) is 19.4. The zero-order chi connectivity index (χ0) is 19.4. The Hall–Kier alpha value is -1.90. The Morgan fingerprint density at radius 3 is 2.28 bits per heavy atom. The number of carbonyl (C=O) groups is 1.